The van der Waals surface area contributed by atoms with Crippen molar-refractivity contribution in [2.24, 2.45) is 0 Å². The van der Waals surface area contributed by atoms with E-state index >= 15 is 0 Å². The highest BCUT2D eigenvalue weighted by Crippen LogP contribution is 1.73. The van der Waals surface area contributed by atoms with E-state index in [1.807, 2.05) is 0 Å². The van der Waals surface area contributed by atoms with Crippen molar-refractivity contribution >= 4 is 15.1 Å². The number of rotatable bonds is 1. The van der Waals surface area contributed by atoms with Gasteiger partial charge in [-0.2, -0.15) is 0 Å². The summed E-state index contributed by atoms with van der Waals surface area (Å²) in [4.78, 5) is 8.35. The summed E-state index contributed by atoms with van der Waals surface area (Å²) in [5.74, 6) is 0. The second kappa shape index (κ2) is 9.75. The second-order valence-corrected chi connectivity index (χ2v) is 3.96. The summed E-state index contributed by atoms with van der Waals surface area (Å²) in [6.45, 7) is 4.28. The summed E-state index contributed by atoms with van der Waals surface area (Å²) in [6, 6.07) is 0. The Morgan fingerprint density at radius 2 is 1.75 bits per heavy atom. The zero-order valence-corrected chi connectivity index (χ0v) is 6.55. The van der Waals surface area contributed by atoms with Crippen LogP contribution in [0.15, 0.2) is 0 Å². The van der Waals surface area contributed by atoms with E-state index in [1.165, 1.54) is 0 Å². The fourth-order valence-corrected chi connectivity index (χ4v) is 0. The summed E-state index contributed by atoms with van der Waals surface area (Å²) in [5.41, 5.74) is 0. The van der Waals surface area contributed by atoms with Crippen LogP contribution in [0, 0.1) is 5.41 Å². The smallest absolute Gasteiger partial charge is 0.231 e. The molecular weight excluding hydrogens is 122 g/mol. The molecule has 4 heteroatoms. The number of hydrogen-bond donors (Lipinski definition) is 1. The van der Waals surface area contributed by atoms with Gasteiger partial charge in [-0.1, -0.05) is 0 Å². The summed E-state index contributed by atoms with van der Waals surface area (Å²) in [5, 5.41) is 5.40. The zero-order chi connectivity index (χ0) is 6.99. The molecule has 0 rings (SSSR count). The predicted octanol–water partition coefficient (Wildman–Crippen LogP) is 0.517. The average molecular weight is 133 g/mol. The first-order valence-corrected chi connectivity index (χ1v) is 5.03. The molecule has 0 radical (unpaired) electrons. The van der Waals surface area contributed by atoms with E-state index in [-0.39, 0.29) is 0 Å². The van der Waals surface area contributed by atoms with Crippen LogP contribution in [0.5, 0.6) is 0 Å². The van der Waals surface area contributed by atoms with Gasteiger partial charge in [-0.05, 0) is 13.1 Å². The lowest BCUT2D eigenvalue weighted by Gasteiger charge is -1.92. The lowest BCUT2D eigenvalue weighted by atomic mass is 11.7. The molecule has 0 aliphatic rings. The first kappa shape index (κ1) is 10.5. The molecule has 0 atom stereocenters. The Bertz CT molecular complexity index is 68.4. The highest BCUT2D eigenvalue weighted by atomic mass is 28.3. The van der Waals surface area contributed by atoms with Crippen LogP contribution in [-0.2, 0) is 9.22 Å². The first-order valence-electron chi connectivity index (χ1n) is 2.25. The van der Waals surface area contributed by atoms with Crippen molar-refractivity contribution in [1.29, 1.82) is 5.41 Å². The molecule has 0 saturated heterocycles. The van der Waals surface area contributed by atoms with Gasteiger partial charge in [-0.25, -0.2) is 10.2 Å². The molecule has 0 saturated carbocycles. The Morgan fingerprint density at radius 1 is 1.62 bits per heavy atom. The second-order valence-electron chi connectivity index (χ2n) is 1.39. The highest BCUT2D eigenvalue weighted by molar-refractivity contribution is 6.48. The molecule has 0 spiro atoms. The Morgan fingerprint density at radius 3 is 1.75 bits per heavy atom. The number of carbonyl (C=O) groups excluding carboxylic acids is 1. The molecule has 0 fully saturated rings. The Hall–Kier alpha value is -0.443. The van der Waals surface area contributed by atoms with Crippen LogP contribution < -0.4 is 0 Å². The van der Waals surface area contributed by atoms with Gasteiger partial charge in [-0.3, -0.25) is 0 Å². The van der Waals surface area contributed by atoms with Gasteiger partial charge < -0.3 is 4.43 Å². The lowest BCUT2D eigenvalue weighted by molar-refractivity contribution is 0.430. The van der Waals surface area contributed by atoms with Crippen LogP contribution in [0.4, 0.5) is 0 Å². The fraction of sp³-hybridized carbons (Fsp3) is 0.750. The van der Waals surface area contributed by atoms with Gasteiger partial charge in [0, 0.05) is 7.11 Å². The molecule has 8 heavy (non-hydrogen) atoms. The maximum atomic E-state index is 8.35. The average Bonchev–Trinajstić information content (AvgIpc) is 1.69. The molecule has 0 bridgehead atoms. The van der Waals surface area contributed by atoms with Crippen molar-refractivity contribution in [1.82, 2.24) is 0 Å². The maximum Gasteiger partial charge on any atom is 0.231 e. The monoisotopic (exact) mass is 133 g/mol. The summed E-state index contributed by atoms with van der Waals surface area (Å²) < 4.78 is 4.89. The fourth-order valence-electron chi connectivity index (χ4n) is 0. The Kier molecular flexibility index (Phi) is 12.8. The van der Waals surface area contributed by atoms with Crippen LogP contribution in [0.25, 0.3) is 0 Å². The van der Waals surface area contributed by atoms with Gasteiger partial charge in [-0.15, -0.1) is 0 Å². The van der Waals surface area contributed by atoms with Gasteiger partial charge in [0.15, 0.2) is 9.04 Å². The van der Waals surface area contributed by atoms with Crippen LogP contribution in [0.3, 0.4) is 0 Å². The third-order valence-electron chi connectivity index (χ3n) is 0.471. The van der Waals surface area contributed by atoms with Crippen LogP contribution in [0.1, 0.15) is 0 Å². The van der Waals surface area contributed by atoms with Gasteiger partial charge in [0.05, 0.1) is 0 Å². The van der Waals surface area contributed by atoms with Gasteiger partial charge >= 0.3 is 0 Å². The molecule has 0 aliphatic carbocycles. The largest absolute Gasteiger partial charge is 0.424 e. The highest BCUT2D eigenvalue weighted by Gasteiger charge is 1.83. The normalized spacial score (nSPS) is 7.00. The molecule has 1 N–H and O–H groups in total. The number of hydrogen-bond acceptors (Lipinski definition) is 3. The number of isocyanates is 1. The Labute approximate surface area is 50.9 Å². The lowest BCUT2D eigenvalue weighted by Crippen LogP contribution is -2.00. The van der Waals surface area contributed by atoms with E-state index in [1.54, 1.807) is 7.11 Å². The van der Waals surface area contributed by atoms with Crippen molar-refractivity contribution in [3.63, 3.8) is 0 Å². The minimum absolute atomic E-state index is 0.650. The summed E-state index contributed by atoms with van der Waals surface area (Å²) >= 11 is 0. The molecule has 0 aromatic carbocycles. The third-order valence-corrected chi connectivity index (χ3v) is 1.41. The molecule has 0 amide bonds. The van der Waals surface area contributed by atoms with E-state index in [4.69, 9.17) is 14.6 Å². The Balaban J connectivity index is 0. The van der Waals surface area contributed by atoms with Crippen molar-refractivity contribution < 1.29 is 9.22 Å². The van der Waals surface area contributed by atoms with Gasteiger partial charge in [0.1, 0.15) is 0 Å². The predicted molar refractivity (Wildman–Crippen MR) is 34.3 cm³/mol. The minimum Gasteiger partial charge on any atom is -0.424 e. The number of nitrogens with one attached hydrogen (secondary N) is 1. The van der Waals surface area contributed by atoms with Crippen molar-refractivity contribution in [3.8, 4) is 0 Å². The van der Waals surface area contributed by atoms with Crippen LogP contribution >= 0.6 is 0 Å². The SMILES string of the molecule is CO[SiH](C)C.N=C=O. The molecule has 0 aliphatic heterocycles. The van der Waals surface area contributed by atoms with E-state index in [9.17, 15) is 0 Å². The molecule has 0 aromatic heterocycles. The van der Waals surface area contributed by atoms with Crippen molar-refractivity contribution in [2.45, 2.75) is 13.1 Å². The first-order chi connectivity index (χ1) is 3.68. The van der Waals surface area contributed by atoms with Crippen LogP contribution in [-0.4, -0.2) is 22.2 Å². The van der Waals surface area contributed by atoms with E-state index in [0.29, 0.717) is 0 Å². The summed E-state index contributed by atoms with van der Waals surface area (Å²) in [7, 11) is 1.11. The molecule has 0 heterocycles. The molecule has 3 nitrogen and oxygen atoms in total. The van der Waals surface area contributed by atoms with E-state index < -0.39 is 9.04 Å². The van der Waals surface area contributed by atoms with Gasteiger partial charge in [0.2, 0.25) is 6.08 Å². The van der Waals surface area contributed by atoms with Gasteiger partial charge in [0.25, 0.3) is 0 Å². The minimum atomic E-state index is -0.650. The molecule has 0 unspecified atom stereocenters. The summed E-state index contributed by atoms with van der Waals surface area (Å²) in [6.07, 6.45) is 0.750. The molecule has 0 aromatic rings. The quantitative estimate of drug-likeness (QED) is 0.322. The van der Waals surface area contributed by atoms with Crippen molar-refractivity contribution in [2.75, 3.05) is 7.11 Å². The third kappa shape index (κ3) is 47.6. The maximum absolute atomic E-state index is 8.35. The van der Waals surface area contributed by atoms with E-state index in [2.05, 4.69) is 13.1 Å². The zero-order valence-electron chi connectivity index (χ0n) is 5.39. The molecular formula is C4H11NO2Si. The van der Waals surface area contributed by atoms with E-state index in [0.717, 1.165) is 6.08 Å². The van der Waals surface area contributed by atoms with Crippen molar-refractivity contribution in [3.05, 3.63) is 0 Å². The standard InChI is InChI=1S/C3H10OSi.CHNO/c1-4-5(2)3;2-1-3/h5H,1-3H3;2H. The van der Waals surface area contributed by atoms with Crippen LogP contribution in [0.2, 0.25) is 13.1 Å². The molecule has 48 valence electrons. The topological polar surface area (TPSA) is 50.1 Å².